The summed E-state index contributed by atoms with van der Waals surface area (Å²) in [7, 11) is 0. The number of nitrogens with one attached hydrogen (secondary N) is 1. The smallest absolute Gasteiger partial charge is 0.224 e. The molecule has 4 heteroatoms. The fourth-order valence-corrected chi connectivity index (χ4v) is 2.94. The van der Waals surface area contributed by atoms with Gasteiger partial charge in [0.15, 0.2) is 0 Å². The lowest BCUT2D eigenvalue weighted by molar-refractivity contribution is -0.123. The first kappa shape index (κ1) is 14.3. The molecule has 2 aromatic rings. The molecular formula is C17H17BrN2O. The zero-order valence-electron chi connectivity index (χ0n) is 11.8. The van der Waals surface area contributed by atoms with Crippen LogP contribution in [-0.2, 0) is 4.79 Å². The molecule has 1 aliphatic rings. The molecule has 1 aliphatic carbocycles. The van der Waals surface area contributed by atoms with Gasteiger partial charge in [-0.1, -0.05) is 36.4 Å². The van der Waals surface area contributed by atoms with Crippen LogP contribution in [0, 0.1) is 5.92 Å². The third-order valence-electron chi connectivity index (χ3n) is 3.90. The van der Waals surface area contributed by atoms with Crippen LogP contribution in [0.15, 0.2) is 53.1 Å². The van der Waals surface area contributed by atoms with Crippen molar-refractivity contribution in [2.24, 2.45) is 5.92 Å². The van der Waals surface area contributed by atoms with Crippen molar-refractivity contribution >= 4 is 21.8 Å². The quantitative estimate of drug-likeness (QED) is 0.856. The van der Waals surface area contributed by atoms with Crippen LogP contribution in [0.5, 0.6) is 0 Å². The Kier molecular flexibility index (Phi) is 4.06. The second-order valence-corrected chi connectivity index (χ2v) is 6.29. The fourth-order valence-electron chi connectivity index (χ4n) is 2.59. The fraction of sp³-hybridized carbons (Fsp3) is 0.294. The van der Waals surface area contributed by atoms with Gasteiger partial charge in [0.05, 0.1) is 6.04 Å². The van der Waals surface area contributed by atoms with Crippen LogP contribution in [0.1, 0.15) is 36.6 Å². The summed E-state index contributed by atoms with van der Waals surface area (Å²) in [6.45, 7) is 2.02. The molecule has 3 atom stereocenters. The van der Waals surface area contributed by atoms with Gasteiger partial charge in [-0.05, 0) is 47.0 Å². The summed E-state index contributed by atoms with van der Waals surface area (Å²) in [5.74, 6) is 0.432. The van der Waals surface area contributed by atoms with Crippen molar-refractivity contribution in [3.05, 3.63) is 64.4 Å². The van der Waals surface area contributed by atoms with Gasteiger partial charge in [0, 0.05) is 17.5 Å². The molecule has 1 N–H and O–H groups in total. The van der Waals surface area contributed by atoms with Gasteiger partial charge in [0.2, 0.25) is 5.91 Å². The highest BCUT2D eigenvalue weighted by Gasteiger charge is 2.45. The van der Waals surface area contributed by atoms with Gasteiger partial charge >= 0.3 is 0 Å². The van der Waals surface area contributed by atoms with E-state index in [1.807, 2.05) is 55.5 Å². The molecule has 0 aliphatic heterocycles. The summed E-state index contributed by atoms with van der Waals surface area (Å²) in [6, 6.07) is 15.9. The average molecular weight is 345 g/mol. The second-order valence-electron chi connectivity index (χ2n) is 5.47. The molecule has 0 saturated heterocycles. The number of benzene rings is 1. The molecule has 0 radical (unpaired) electrons. The Balaban J connectivity index is 1.61. The topological polar surface area (TPSA) is 42.0 Å². The Morgan fingerprint density at radius 2 is 2.00 bits per heavy atom. The zero-order valence-corrected chi connectivity index (χ0v) is 13.4. The van der Waals surface area contributed by atoms with Gasteiger partial charge in [-0.2, -0.15) is 0 Å². The number of halogens is 1. The van der Waals surface area contributed by atoms with E-state index in [2.05, 4.69) is 26.2 Å². The number of carbonyl (C=O) groups is 1. The average Bonchev–Trinajstić information content (AvgIpc) is 3.29. The van der Waals surface area contributed by atoms with Gasteiger partial charge in [0.25, 0.3) is 0 Å². The van der Waals surface area contributed by atoms with E-state index in [-0.39, 0.29) is 23.8 Å². The minimum atomic E-state index is 0.0374. The number of rotatable bonds is 4. The summed E-state index contributed by atoms with van der Waals surface area (Å²) < 4.78 is 0.823. The normalized spacial score (nSPS) is 21.6. The largest absolute Gasteiger partial charge is 0.349 e. The van der Waals surface area contributed by atoms with Crippen LogP contribution in [0.25, 0.3) is 0 Å². The van der Waals surface area contributed by atoms with E-state index in [0.29, 0.717) is 0 Å². The maximum Gasteiger partial charge on any atom is 0.224 e. The van der Waals surface area contributed by atoms with Crippen molar-refractivity contribution in [1.82, 2.24) is 10.3 Å². The van der Waals surface area contributed by atoms with Crippen LogP contribution >= 0.6 is 15.9 Å². The first-order valence-electron chi connectivity index (χ1n) is 7.13. The van der Waals surface area contributed by atoms with E-state index in [4.69, 9.17) is 0 Å². The first-order chi connectivity index (χ1) is 10.1. The molecule has 3 nitrogen and oxygen atoms in total. The van der Waals surface area contributed by atoms with Crippen LogP contribution in [0.2, 0.25) is 0 Å². The van der Waals surface area contributed by atoms with Gasteiger partial charge in [-0.3, -0.25) is 4.79 Å². The van der Waals surface area contributed by atoms with Gasteiger partial charge in [0.1, 0.15) is 4.60 Å². The molecule has 0 spiro atoms. The first-order valence-corrected chi connectivity index (χ1v) is 7.92. The highest BCUT2D eigenvalue weighted by Crippen LogP contribution is 2.47. The lowest BCUT2D eigenvalue weighted by atomic mass is 10.1. The number of hydrogen-bond acceptors (Lipinski definition) is 2. The molecule has 0 unspecified atom stereocenters. The molecule has 0 bridgehead atoms. The second kappa shape index (κ2) is 5.98. The molecule has 21 heavy (non-hydrogen) atoms. The zero-order chi connectivity index (χ0) is 14.8. The maximum absolute atomic E-state index is 12.3. The summed E-state index contributed by atoms with van der Waals surface area (Å²) >= 11 is 3.37. The molecule has 1 heterocycles. The minimum Gasteiger partial charge on any atom is -0.349 e. The van der Waals surface area contributed by atoms with Crippen molar-refractivity contribution in [3.8, 4) is 0 Å². The summed E-state index contributed by atoms with van der Waals surface area (Å²) in [4.78, 5) is 16.7. The maximum atomic E-state index is 12.3. The Morgan fingerprint density at radius 3 is 2.71 bits per heavy atom. The van der Waals surface area contributed by atoms with Crippen LogP contribution < -0.4 is 5.32 Å². The molecule has 1 aromatic carbocycles. The third kappa shape index (κ3) is 3.32. The number of nitrogens with zero attached hydrogens (tertiary/aromatic N) is 1. The van der Waals surface area contributed by atoms with E-state index in [1.165, 1.54) is 0 Å². The van der Waals surface area contributed by atoms with E-state index in [1.54, 1.807) is 0 Å². The Hall–Kier alpha value is -1.68. The monoisotopic (exact) mass is 344 g/mol. The van der Waals surface area contributed by atoms with Crippen LogP contribution in [-0.4, -0.2) is 10.9 Å². The number of pyridine rings is 1. The molecule has 1 amide bonds. The highest BCUT2D eigenvalue weighted by molar-refractivity contribution is 9.10. The van der Waals surface area contributed by atoms with E-state index >= 15 is 0 Å². The van der Waals surface area contributed by atoms with E-state index < -0.39 is 0 Å². The van der Waals surface area contributed by atoms with Crippen molar-refractivity contribution in [2.75, 3.05) is 0 Å². The molecule has 108 valence electrons. The minimum absolute atomic E-state index is 0.0374. The SMILES string of the molecule is C[C@@H](NC(=O)[C@@H]1C[C@H]1c1cccc(Br)n1)c1ccccc1. The summed E-state index contributed by atoms with van der Waals surface area (Å²) in [6.07, 6.45) is 0.886. The predicted octanol–water partition coefficient (Wildman–Crippen LogP) is 3.83. The molecular weight excluding hydrogens is 328 g/mol. The van der Waals surface area contributed by atoms with Crippen molar-refractivity contribution < 1.29 is 4.79 Å². The summed E-state index contributed by atoms with van der Waals surface area (Å²) in [5, 5.41) is 3.09. The van der Waals surface area contributed by atoms with Crippen molar-refractivity contribution in [3.63, 3.8) is 0 Å². The van der Waals surface area contributed by atoms with Gasteiger partial charge < -0.3 is 5.32 Å². The number of aromatic nitrogens is 1. The Bertz CT molecular complexity index is 644. The Morgan fingerprint density at radius 1 is 1.24 bits per heavy atom. The molecule has 1 aromatic heterocycles. The van der Waals surface area contributed by atoms with E-state index in [9.17, 15) is 4.79 Å². The van der Waals surface area contributed by atoms with Crippen molar-refractivity contribution in [2.45, 2.75) is 25.3 Å². The highest BCUT2D eigenvalue weighted by atomic mass is 79.9. The molecule has 1 fully saturated rings. The van der Waals surface area contributed by atoms with Gasteiger partial charge in [-0.15, -0.1) is 0 Å². The van der Waals surface area contributed by atoms with E-state index in [0.717, 1.165) is 22.3 Å². The molecule has 3 rings (SSSR count). The Labute approximate surface area is 132 Å². The predicted molar refractivity (Wildman–Crippen MR) is 85.8 cm³/mol. The lowest BCUT2D eigenvalue weighted by Crippen LogP contribution is -2.28. The summed E-state index contributed by atoms with van der Waals surface area (Å²) in [5.41, 5.74) is 2.13. The lowest BCUT2D eigenvalue weighted by Gasteiger charge is -2.14. The van der Waals surface area contributed by atoms with Gasteiger partial charge in [-0.25, -0.2) is 4.98 Å². The molecule has 1 saturated carbocycles. The standard InChI is InChI=1S/C17H17BrN2O/c1-11(12-6-3-2-4-7-12)19-17(21)14-10-13(14)15-8-5-9-16(18)20-15/h2-9,11,13-14H,10H2,1H3,(H,19,21)/t11-,13-,14-/m1/s1. The number of amides is 1. The third-order valence-corrected chi connectivity index (χ3v) is 4.34. The van der Waals surface area contributed by atoms with Crippen LogP contribution in [0.4, 0.5) is 0 Å². The van der Waals surface area contributed by atoms with Crippen molar-refractivity contribution in [1.29, 1.82) is 0 Å². The number of hydrogen-bond donors (Lipinski definition) is 1. The number of carbonyl (C=O) groups excluding carboxylic acids is 1. The van der Waals surface area contributed by atoms with Crippen LogP contribution in [0.3, 0.4) is 0 Å².